The van der Waals surface area contributed by atoms with Crippen molar-refractivity contribution < 1.29 is 19.1 Å². The van der Waals surface area contributed by atoms with Gasteiger partial charge in [0, 0.05) is 4.47 Å². The van der Waals surface area contributed by atoms with Crippen molar-refractivity contribution in [2.75, 3.05) is 6.61 Å². The lowest BCUT2D eigenvalue weighted by Gasteiger charge is -2.14. The van der Waals surface area contributed by atoms with Gasteiger partial charge in [-0.3, -0.25) is 9.69 Å². The van der Waals surface area contributed by atoms with Crippen LogP contribution in [0.1, 0.15) is 29.2 Å². The van der Waals surface area contributed by atoms with Gasteiger partial charge in [0.2, 0.25) is 0 Å². The first-order valence-electron chi connectivity index (χ1n) is 11.0. The van der Waals surface area contributed by atoms with E-state index in [1.165, 1.54) is 10.5 Å². The summed E-state index contributed by atoms with van der Waals surface area (Å²) in [4.78, 5) is 26.5. The molecule has 0 atom stereocenters. The summed E-state index contributed by atoms with van der Waals surface area (Å²) in [5, 5.41) is 2.67. The molecule has 3 aromatic carbocycles. The summed E-state index contributed by atoms with van der Waals surface area (Å²) in [5.74, 6) is 0.768. The summed E-state index contributed by atoms with van der Waals surface area (Å²) in [5.41, 5.74) is 4.01. The predicted molar refractivity (Wildman–Crippen MR) is 134 cm³/mol. The lowest BCUT2D eigenvalue weighted by atomic mass is 10.1. The highest BCUT2D eigenvalue weighted by molar-refractivity contribution is 9.10. The maximum Gasteiger partial charge on any atom is 0.329 e. The minimum Gasteiger partial charge on any atom is -0.490 e. The van der Waals surface area contributed by atoms with E-state index >= 15 is 0 Å². The zero-order valence-corrected chi connectivity index (χ0v) is 20.6. The summed E-state index contributed by atoms with van der Waals surface area (Å²) >= 11 is 3.56. The summed E-state index contributed by atoms with van der Waals surface area (Å²) < 4.78 is 12.5. The van der Waals surface area contributed by atoms with Gasteiger partial charge in [-0.05, 0) is 48.7 Å². The van der Waals surface area contributed by atoms with Crippen molar-refractivity contribution in [3.63, 3.8) is 0 Å². The number of hydrogen-bond donors (Lipinski definition) is 1. The molecule has 0 aromatic heterocycles. The molecule has 4 rings (SSSR count). The molecule has 1 aliphatic rings. The van der Waals surface area contributed by atoms with Gasteiger partial charge in [-0.15, -0.1) is 0 Å². The molecule has 0 spiro atoms. The average Bonchev–Trinajstić information content (AvgIpc) is 3.09. The van der Waals surface area contributed by atoms with E-state index in [4.69, 9.17) is 9.47 Å². The number of imide groups is 1. The Morgan fingerprint density at radius 3 is 2.35 bits per heavy atom. The van der Waals surface area contributed by atoms with Crippen molar-refractivity contribution >= 4 is 33.9 Å². The molecule has 1 aliphatic heterocycles. The van der Waals surface area contributed by atoms with Crippen LogP contribution in [0.4, 0.5) is 4.79 Å². The first kappa shape index (κ1) is 23.6. The van der Waals surface area contributed by atoms with Gasteiger partial charge in [-0.25, -0.2) is 4.79 Å². The molecule has 3 aromatic rings. The molecule has 34 heavy (non-hydrogen) atoms. The zero-order valence-electron chi connectivity index (χ0n) is 19.0. The van der Waals surface area contributed by atoms with Crippen molar-refractivity contribution in [1.29, 1.82) is 0 Å². The highest BCUT2D eigenvalue weighted by Crippen LogP contribution is 2.35. The number of halogens is 1. The fourth-order valence-electron chi connectivity index (χ4n) is 3.52. The number of aryl methyl sites for hydroxylation is 1. The maximum absolute atomic E-state index is 12.9. The van der Waals surface area contributed by atoms with Gasteiger partial charge in [-0.1, -0.05) is 76.1 Å². The van der Waals surface area contributed by atoms with Crippen LogP contribution in [0.3, 0.4) is 0 Å². The van der Waals surface area contributed by atoms with Crippen LogP contribution in [0.2, 0.25) is 0 Å². The van der Waals surface area contributed by atoms with Crippen molar-refractivity contribution in [2.24, 2.45) is 0 Å². The molecular weight excluding hydrogens is 496 g/mol. The van der Waals surface area contributed by atoms with Gasteiger partial charge in [-0.2, -0.15) is 0 Å². The predicted octanol–water partition coefficient (Wildman–Crippen LogP) is 5.83. The van der Waals surface area contributed by atoms with Crippen LogP contribution in [0.15, 0.2) is 76.9 Å². The summed E-state index contributed by atoms with van der Waals surface area (Å²) in [6, 6.07) is 20.7. The molecule has 6 nitrogen and oxygen atoms in total. The number of amides is 3. The fourth-order valence-corrected chi connectivity index (χ4v) is 3.96. The monoisotopic (exact) mass is 520 g/mol. The standard InChI is InChI=1S/C27H25BrN2O4/c1-3-33-24-14-21(22(28)15-25(24)34-17-20-11-9-18(2)10-12-20)13-23-26(31)30(27(32)29-23)16-19-7-5-4-6-8-19/h4-15H,3,16-17H2,1-2H3,(H,29,32)/b23-13+. The first-order valence-corrected chi connectivity index (χ1v) is 11.8. The van der Waals surface area contributed by atoms with Crippen LogP contribution >= 0.6 is 15.9 Å². The Labute approximate surface area is 207 Å². The van der Waals surface area contributed by atoms with Gasteiger partial charge in [0.1, 0.15) is 12.3 Å². The van der Waals surface area contributed by atoms with Crippen LogP contribution in [-0.2, 0) is 17.9 Å². The Morgan fingerprint density at radius 2 is 1.65 bits per heavy atom. The normalized spacial score (nSPS) is 14.4. The summed E-state index contributed by atoms with van der Waals surface area (Å²) in [6.07, 6.45) is 1.64. The number of benzene rings is 3. The fraction of sp³-hybridized carbons (Fsp3) is 0.185. The highest BCUT2D eigenvalue weighted by atomic mass is 79.9. The average molecular weight is 521 g/mol. The Balaban J connectivity index is 1.55. The van der Waals surface area contributed by atoms with E-state index in [0.717, 1.165) is 11.1 Å². The van der Waals surface area contributed by atoms with Gasteiger partial charge in [0.05, 0.1) is 13.2 Å². The number of carbonyl (C=O) groups is 2. The molecule has 0 radical (unpaired) electrons. The Hall–Kier alpha value is -3.58. The third-order valence-corrected chi connectivity index (χ3v) is 6.01. The second-order valence-electron chi connectivity index (χ2n) is 7.89. The second-order valence-corrected chi connectivity index (χ2v) is 8.75. The smallest absolute Gasteiger partial charge is 0.329 e. The molecule has 174 valence electrons. The molecule has 1 N–H and O–H groups in total. The van der Waals surface area contributed by atoms with Crippen LogP contribution in [0, 0.1) is 6.92 Å². The Kier molecular flexibility index (Phi) is 7.33. The van der Waals surface area contributed by atoms with Gasteiger partial charge in [0.15, 0.2) is 11.5 Å². The lowest BCUT2D eigenvalue weighted by molar-refractivity contribution is -0.123. The maximum atomic E-state index is 12.9. The van der Waals surface area contributed by atoms with E-state index in [0.29, 0.717) is 34.7 Å². The summed E-state index contributed by atoms with van der Waals surface area (Å²) in [7, 11) is 0. The topological polar surface area (TPSA) is 67.9 Å². The van der Waals surface area contributed by atoms with E-state index in [1.54, 1.807) is 12.1 Å². The first-order chi connectivity index (χ1) is 16.4. The quantitative estimate of drug-likeness (QED) is 0.299. The molecule has 3 amide bonds. The van der Waals surface area contributed by atoms with Gasteiger partial charge in [0.25, 0.3) is 5.91 Å². The molecule has 0 aliphatic carbocycles. The molecular formula is C27H25BrN2O4. The van der Waals surface area contributed by atoms with Crippen LogP contribution in [-0.4, -0.2) is 23.4 Å². The number of nitrogens with zero attached hydrogens (tertiary/aromatic N) is 1. The second kappa shape index (κ2) is 10.6. The number of ether oxygens (including phenoxy) is 2. The third kappa shape index (κ3) is 5.48. The van der Waals surface area contributed by atoms with E-state index < -0.39 is 6.03 Å². The Morgan fingerprint density at radius 1 is 0.941 bits per heavy atom. The SMILES string of the molecule is CCOc1cc(/C=C2/NC(=O)N(Cc3ccccc3)C2=O)c(Br)cc1OCc1ccc(C)cc1. The van der Waals surface area contributed by atoms with Gasteiger partial charge < -0.3 is 14.8 Å². The largest absolute Gasteiger partial charge is 0.490 e. The van der Waals surface area contributed by atoms with Crippen LogP contribution in [0.25, 0.3) is 6.08 Å². The number of urea groups is 1. The van der Waals surface area contributed by atoms with E-state index in [2.05, 4.69) is 21.2 Å². The molecule has 7 heteroatoms. The lowest BCUT2D eigenvalue weighted by Crippen LogP contribution is -2.30. The summed E-state index contributed by atoms with van der Waals surface area (Å²) in [6.45, 7) is 5.00. The Bertz CT molecular complexity index is 1220. The molecule has 0 saturated carbocycles. The van der Waals surface area contributed by atoms with Crippen molar-refractivity contribution in [2.45, 2.75) is 27.0 Å². The number of rotatable bonds is 8. The number of carbonyl (C=O) groups excluding carboxylic acids is 2. The number of nitrogens with one attached hydrogen (secondary N) is 1. The zero-order chi connectivity index (χ0) is 24.1. The van der Waals surface area contributed by atoms with Crippen molar-refractivity contribution in [3.8, 4) is 11.5 Å². The molecule has 0 bridgehead atoms. The molecule has 1 fully saturated rings. The van der Waals surface area contributed by atoms with Crippen molar-refractivity contribution in [1.82, 2.24) is 10.2 Å². The molecule has 0 unspecified atom stereocenters. The minimum absolute atomic E-state index is 0.206. The van der Waals surface area contributed by atoms with E-state index in [-0.39, 0.29) is 18.1 Å². The minimum atomic E-state index is -0.445. The number of hydrogen-bond acceptors (Lipinski definition) is 4. The van der Waals surface area contributed by atoms with Crippen LogP contribution < -0.4 is 14.8 Å². The highest BCUT2D eigenvalue weighted by Gasteiger charge is 2.33. The van der Waals surface area contributed by atoms with E-state index in [1.807, 2.05) is 74.5 Å². The molecule has 1 saturated heterocycles. The third-order valence-electron chi connectivity index (χ3n) is 5.32. The van der Waals surface area contributed by atoms with Crippen LogP contribution in [0.5, 0.6) is 11.5 Å². The van der Waals surface area contributed by atoms with Crippen molar-refractivity contribution in [3.05, 3.63) is 99.2 Å². The van der Waals surface area contributed by atoms with E-state index in [9.17, 15) is 9.59 Å². The molecule has 1 heterocycles. The van der Waals surface area contributed by atoms with Gasteiger partial charge >= 0.3 is 6.03 Å².